The molecule has 104 valence electrons. The van der Waals surface area contributed by atoms with Gasteiger partial charge in [-0.15, -0.1) is 0 Å². The van der Waals surface area contributed by atoms with Crippen molar-refractivity contribution in [3.05, 3.63) is 0 Å². The summed E-state index contributed by atoms with van der Waals surface area (Å²) in [5, 5.41) is 3.07. The quantitative estimate of drug-likeness (QED) is 0.758. The summed E-state index contributed by atoms with van der Waals surface area (Å²) in [6.07, 6.45) is 2.46. The monoisotopic (exact) mass is 256 g/mol. The van der Waals surface area contributed by atoms with E-state index in [1.807, 2.05) is 0 Å². The summed E-state index contributed by atoms with van der Waals surface area (Å²) in [7, 11) is 0. The molecule has 2 fully saturated rings. The Morgan fingerprint density at radius 2 is 1.89 bits per heavy atom. The fourth-order valence-corrected chi connectivity index (χ4v) is 2.62. The molecule has 0 bridgehead atoms. The second-order valence-corrected chi connectivity index (χ2v) is 5.89. The minimum absolute atomic E-state index is 0.0800. The van der Waals surface area contributed by atoms with E-state index in [1.54, 1.807) is 0 Å². The minimum Gasteiger partial charge on any atom is -0.381 e. The van der Waals surface area contributed by atoms with Crippen molar-refractivity contribution in [1.29, 1.82) is 0 Å². The van der Waals surface area contributed by atoms with Crippen molar-refractivity contribution in [3.8, 4) is 0 Å². The summed E-state index contributed by atoms with van der Waals surface area (Å²) in [4.78, 5) is 12.4. The topological polar surface area (TPSA) is 73.6 Å². The van der Waals surface area contributed by atoms with Crippen LogP contribution >= 0.6 is 0 Å². The highest BCUT2D eigenvalue weighted by Crippen LogP contribution is 2.31. The maximum atomic E-state index is 12.4. The third kappa shape index (κ3) is 2.84. The van der Waals surface area contributed by atoms with Crippen molar-refractivity contribution in [2.45, 2.75) is 26.2 Å². The van der Waals surface area contributed by atoms with Gasteiger partial charge in [-0.25, -0.2) is 0 Å². The number of carbonyl (C=O) groups is 1. The predicted molar refractivity (Wildman–Crippen MR) is 68.1 cm³/mol. The van der Waals surface area contributed by atoms with Crippen LogP contribution in [0.3, 0.4) is 0 Å². The molecule has 0 saturated carbocycles. The standard InChI is InChI=1S/C13H24N2O3/c1-12(2-5-18-10-12)9-15-11(16)13(8-14)3-6-17-7-4-13/h2-10,14H2,1H3,(H,15,16). The summed E-state index contributed by atoms with van der Waals surface area (Å²) in [6.45, 7) is 6.01. The van der Waals surface area contributed by atoms with Gasteiger partial charge in [0, 0.05) is 38.3 Å². The Balaban J connectivity index is 1.89. The second kappa shape index (κ2) is 5.55. The highest BCUT2D eigenvalue weighted by Gasteiger charge is 2.40. The number of nitrogens with two attached hydrogens (primary N) is 1. The number of rotatable bonds is 4. The second-order valence-electron chi connectivity index (χ2n) is 5.89. The third-order valence-electron chi connectivity index (χ3n) is 4.30. The maximum absolute atomic E-state index is 12.4. The van der Waals surface area contributed by atoms with E-state index in [2.05, 4.69) is 12.2 Å². The Labute approximate surface area is 108 Å². The van der Waals surface area contributed by atoms with Crippen LogP contribution in [-0.2, 0) is 14.3 Å². The van der Waals surface area contributed by atoms with Crippen molar-refractivity contribution in [2.75, 3.05) is 39.5 Å². The molecule has 0 aliphatic carbocycles. The van der Waals surface area contributed by atoms with Crippen molar-refractivity contribution in [2.24, 2.45) is 16.6 Å². The van der Waals surface area contributed by atoms with E-state index in [1.165, 1.54) is 0 Å². The highest BCUT2D eigenvalue weighted by atomic mass is 16.5. The summed E-state index contributed by atoms with van der Waals surface area (Å²) in [5.74, 6) is 0.0847. The fourth-order valence-electron chi connectivity index (χ4n) is 2.62. The third-order valence-corrected chi connectivity index (χ3v) is 4.30. The van der Waals surface area contributed by atoms with E-state index in [0.29, 0.717) is 26.3 Å². The molecule has 2 aliphatic heterocycles. The molecule has 2 rings (SSSR count). The number of nitrogens with one attached hydrogen (secondary N) is 1. The molecule has 0 spiro atoms. The zero-order chi connectivity index (χ0) is 13.1. The summed E-state index contributed by atoms with van der Waals surface area (Å²) in [5.41, 5.74) is 5.47. The molecule has 2 aliphatic rings. The molecule has 0 aromatic rings. The fraction of sp³-hybridized carbons (Fsp3) is 0.923. The van der Waals surface area contributed by atoms with Gasteiger partial charge in [-0.2, -0.15) is 0 Å². The predicted octanol–water partition coefficient (Wildman–Crippen LogP) is 0.285. The van der Waals surface area contributed by atoms with E-state index in [-0.39, 0.29) is 11.3 Å². The van der Waals surface area contributed by atoms with Crippen molar-refractivity contribution in [1.82, 2.24) is 5.32 Å². The number of amides is 1. The zero-order valence-electron chi connectivity index (χ0n) is 11.2. The van der Waals surface area contributed by atoms with Gasteiger partial charge in [0.05, 0.1) is 12.0 Å². The zero-order valence-corrected chi connectivity index (χ0v) is 11.2. The van der Waals surface area contributed by atoms with Crippen molar-refractivity contribution >= 4 is 5.91 Å². The first-order chi connectivity index (χ1) is 8.60. The molecule has 2 heterocycles. The normalized spacial score (nSPS) is 31.2. The molecular formula is C13H24N2O3. The molecule has 0 aromatic heterocycles. The molecule has 0 radical (unpaired) electrons. The van der Waals surface area contributed by atoms with Gasteiger partial charge in [0.25, 0.3) is 0 Å². The molecular weight excluding hydrogens is 232 g/mol. The van der Waals surface area contributed by atoms with Crippen LogP contribution in [0.1, 0.15) is 26.2 Å². The molecule has 0 aromatic carbocycles. The number of ether oxygens (including phenoxy) is 2. The number of hydrogen-bond donors (Lipinski definition) is 2. The van der Waals surface area contributed by atoms with Crippen LogP contribution < -0.4 is 11.1 Å². The Kier molecular flexibility index (Phi) is 4.25. The number of hydrogen-bond acceptors (Lipinski definition) is 4. The Hall–Kier alpha value is -0.650. The highest BCUT2D eigenvalue weighted by molar-refractivity contribution is 5.83. The summed E-state index contributed by atoms with van der Waals surface area (Å²) >= 11 is 0. The first kappa shape index (κ1) is 13.8. The van der Waals surface area contributed by atoms with Crippen molar-refractivity contribution in [3.63, 3.8) is 0 Å². The molecule has 5 heteroatoms. The van der Waals surface area contributed by atoms with Gasteiger partial charge < -0.3 is 20.5 Å². The van der Waals surface area contributed by atoms with Gasteiger partial charge in [0.1, 0.15) is 0 Å². The molecule has 1 atom stereocenters. The first-order valence-electron chi connectivity index (χ1n) is 6.74. The average Bonchev–Trinajstić information content (AvgIpc) is 2.84. The van der Waals surface area contributed by atoms with Crippen LogP contribution in [0, 0.1) is 10.8 Å². The van der Waals surface area contributed by atoms with Gasteiger partial charge in [0.2, 0.25) is 5.91 Å². The van der Waals surface area contributed by atoms with Gasteiger partial charge in [-0.3, -0.25) is 4.79 Å². The van der Waals surface area contributed by atoms with Gasteiger partial charge in [-0.05, 0) is 19.3 Å². The summed E-state index contributed by atoms with van der Waals surface area (Å²) in [6, 6.07) is 0. The minimum atomic E-state index is -0.423. The molecule has 18 heavy (non-hydrogen) atoms. The Bertz CT molecular complexity index is 295. The largest absolute Gasteiger partial charge is 0.381 e. The van der Waals surface area contributed by atoms with E-state index >= 15 is 0 Å². The van der Waals surface area contributed by atoms with E-state index in [4.69, 9.17) is 15.2 Å². The van der Waals surface area contributed by atoms with Crippen LogP contribution in [0.5, 0.6) is 0 Å². The van der Waals surface area contributed by atoms with Crippen LogP contribution in [0.15, 0.2) is 0 Å². The molecule has 5 nitrogen and oxygen atoms in total. The van der Waals surface area contributed by atoms with Gasteiger partial charge in [0.15, 0.2) is 0 Å². The SMILES string of the molecule is CC1(CNC(=O)C2(CN)CCOCC2)CCOC1. The lowest BCUT2D eigenvalue weighted by Crippen LogP contribution is -2.51. The Morgan fingerprint density at radius 1 is 1.22 bits per heavy atom. The van der Waals surface area contributed by atoms with Gasteiger partial charge >= 0.3 is 0 Å². The molecule has 1 unspecified atom stereocenters. The number of carbonyl (C=O) groups excluding carboxylic acids is 1. The van der Waals surface area contributed by atoms with Crippen LogP contribution in [-0.4, -0.2) is 45.4 Å². The van der Waals surface area contributed by atoms with E-state index in [0.717, 1.165) is 32.5 Å². The first-order valence-corrected chi connectivity index (χ1v) is 6.74. The average molecular weight is 256 g/mol. The van der Waals surface area contributed by atoms with Crippen molar-refractivity contribution < 1.29 is 14.3 Å². The van der Waals surface area contributed by atoms with Crippen LogP contribution in [0.25, 0.3) is 0 Å². The lowest BCUT2D eigenvalue weighted by atomic mass is 9.79. The summed E-state index contributed by atoms with van der Waals surface area (Å²) < 4.78 is 10.7. The lowest BCUT2D eigenvalue weighted by Gasteiger charge is -2.35. The molecule has 3 N–H and O–H groups in total. The van der Waals surface area contributed by atoms with E-state index in [9.17, 15) is 4.79 Å². The lowest BCUT2D eigenvalue weighted by molar-refractivity contribution is -0.136. The van der Waals surface area contributed by atoms with Crippen LogP contribution in [0.2, 0.25) is 0 Å². The maximum Gasteiger partial charge on any atom is 0.227 e. The molecule has 2 saturated heterocycles. The van der Waals surface area contributed by atoms with Crippen LogP contribution in [0.4, 0.5) is 0 Å². The Morgan fingerprint density at radius 3 is 2.44 bits per heavy atom. The van der Waals surface area contributed by atoms with E-state index < -0.39 is 5.41 Å². The smallest absolute Gasteiger partial charge is 0.227 e. The molecule has 1 amide bonds. The van der Waals surface area contributed by atoms with Gasteiger partial charge in [-0.1, -0.05) is 6.92 Å².